The molecule has 3 heterocycles. The molecule has 2 aromatic rings. The lowest BCUT2D eigenvalue weighted by atomic mass is 9.93. The number of nitrogens with zero attached hydrogens (tertiary/aromatic N) is 2. The van der Waals surface area contributed by atoms with Crippen molar-refractivity contribution < 1.29 is 14.3 Å². The molecule has 3 rings (SSSR count). The van der Waals surface area contributed by atoms with Gasteiger partial charge in [-0.15, -0.1) is 0 Å². The Balaban J connectivity index is 1.49. The molecule has 136 valence electrons. The van der Waals surface area contributed by atoms with Crippen LogP contribution >= 0.6 is 0 Å². The van der Waals surface area contributed by atoms with E-state index in [9.17, 15) is 9.90 Å². The Morgan fingerprint density at radius 1 is 1.48 bits per heavy atom. The quantitative estimate of drug-likeness (QED) is 0.763. The number of piperidine rings is 1. The number of furan rings is 1. The molecule has 0 bridgehead atoms. The summed E-state index contributed by atoms with van der Waals surface area (Å²) >= 11 is 0. The van der Waals surface area contributed by atoms with Crippen LogP contribution in [-0.4, -0.2) is 51.6 Å². The minimum absolute atomic E-state index is 0.0637. The second-order valence-corrected chi connectivity index (χ2v) is 6.86. The Bertz CT molecular complexity index is 737. The van der Waals surface area contributed by atoms with Gasteiger partial charge >= 0.3 is 0 Å². The van der Waals surface area contributed by atoms with Crippen molar-refractivity contribution in [3.05, 3.63) is 40.9 Å². The zero-order valence-electron chi connectivity index (χ0n) is 15.0. The molecule has 0 spiro atoms. The lowest BCUT2D eigenvalue weighted by Gasteiger charge is -2.35. The molecule has 1 aliphatic rings. The van der Waals surface area contributed by atoms with Gasteiger partial charge in [-0.05, 0) is 39.8 Å². The van der Waals surface area contributed by atoms with Gasteiger partial charge in [-0.3, -0.25) is 9.69 Å². The molecule has 0 radical (unpaired) electrons. The van der Waals surface area contributed by atoms with E-state index >= 15 is 0 Å². The molecule has 3 N–H and O–H groups in total. The number of β-amino-alcohol motifs (C(OH)–C–C–N with tert-alkyl or cyclic N) is 1. The summed E-state index contributed by atoms with van der Waals surface area (Å²) in [5.41, 5.74) is 2.65. The Kier molecular flexibility index (Phi) is 5.24. The summed E-state index contributed by atoms with van der Waals surface area (Å²) in [6.07, 6.45) is 2.08. The first-order valence-corrected chi connectivity index (χ1v) is 8.68. The van der Waals surface area contributed by atoms with Gasteiger partial charge in [0.05, 0.1) is 23.7 Å². The third kappa shape index (κ3) is 4.11. The summed E-state index contributed by atoms with van der Waals surface area (Å²) in [6, 6.07) is 1.75. The van der Waals surface area contributed by atoms with Crippen LogP contribution in [-0.2, 0) is 6.54 Å². The summed E-state index contributed by atoms with van der Waals surface area (Å²) in [5.74, 6) is 1.27. The summed E-state index contributed by atoms with van der Waals surface area (Å²) in [5, 5.41) is 13.4. The Labute approximate surface area is 147 Å². The van der Waals surface area contributed by atoms with E-state index < -0.39 is 6.10 Å². The maximum Gasteiger partial charge on any atom is 0.254 e. The number of likely N-dealkylation sites (tertiary alicyclic amines) is 1. The number of aromatic amines is 1. The van der Waals surface area contributed by atoms with E-state index in [0.29, 0.717) is 24.4 Å². The van der Waals surface area contributed by atoms with Crippen LogP contribution in [0.1, 0.15) is 39.7 Å². The number of hydrogen-bond acceptors (Lipinski definition) is 5. The second-order valence-electron chi connectivity index (χ2n) is 6.86. The summed E-state index contributed by atoms with van der Waals surface area (Å²) in [7, 11) is 0. The van der Waals surface area contributed by atoms with Crippen LogP contribution in [0.3, 0.4) is 0 Å². The first-order valence-electron chi connectivity index (χ1n) is 8.68. The lowest BCUT2D eigenvalue weighted by molar-refractivity contribution is 0.0185. The van der Waals surface area contributed by atoms with Gasteiger partial charge < -0.3 is 19.8 Å². The second kappa shape index (κ2) is 7.41. The molecule has 1 aliphatic heterocycles. The van der Waals surface area contributed by atoms with Gasteiger partial charge in [0.1, 0.15) is 11.5 Å². The minimum Gasteiger partial charge on any atom is -0.466 e. The number of H-pyrrole nitrogens is 1. The Morgan fingerprint density at radius 2 is 2.28 bits per heavy atom. The van der Waals surface area contributed by atoms with Crippen LogP contribution in [0.15, 0.2) is 16.8 Å². The minimum atomic E-state index is -0.458. The number of rotatable bonds is 5. The smallest absolute Gasteiger partial charge is 0.254 e. The molecule has 25 heavy (non-hydrogen) atoms. The van der Waals surface area contributed by atoms with E-state index in [-0.39, 0.29) is 11.8 Å². The zero-order chi connectivity index (χ0) is 18.0. The Morgan fingerprint density at radius 3 is 2.88 bits per heavy atom. The molecule has 1 amide bonds. The van der Waals surface area contributed by atoms with Crippen molar-refractivity contribution in [3.63, 3.8) is 0 Å². The van der Waals surface area contributed by atoms with Crippen LogP contribution in [0.2, 0.25) is 0 Å². The van der Waals surface area contributed by atoms with Crippen molar-refractivity contribution in [2.45, 2.75) is 39.8 Å². The standard InChI is InChI=1S/C18H26N4O3/c1-11-6-15(13(3)25-11)18(24)19-7-14-4-5-22(9-17(14)23)8-16-12(2)20-10-21-16/h6,10,14,17,23H,4-5,7-9H2,1-3H3,(H,19,24)(H,20,21)/t14-,17+/m0/s1. The molecular formula is C18H26N4O3. The van der Waals surface area contributed by atoms with Crippen LogP contribution in [0, 0.1) is 26.7 Å². The molecular weight excluding hydrogens is 320 g/mol. The van der Waals surface area contributed by atoms with E-state index in [1.54, 1.807) is 19.3 Å². The number of hydrogen-bond donors (Lipinski definition) is 3. The topological polar surface area (TPSA) is 94.4 Å². The maximum atomic E-state index is 12.3. The normalized spacial score (nSPS) is 21.4. The molecule has 0 unspecified atom stereocenters. The molecule has 2 atom stereocenters. The zero-order valence-corrected chi connectivity index (χ0v) is 15.0. The van der Waals surface area contributed by atoms with Gasteiger partial charge in [0.2, 0.25) is 0 Å². The van der Waals surface area contributed by atoms with Crippen molar-refractivity contribution >= 4 is 5.91 Å². The summed E-state index contributed by atoms with van der Waals surface area (Å²) in [4.78, 5) is 21.9. The fraction of sp³-hybridized carbons (Fsp3) is 0.556. The number of aromatic nitrogens is 2. The van der Waals surface area contributed by atoms with Crippen LogP contribution in [0.25, 0.3) is 0 Å². The molecule has 0 aliphatic carbocycles. The van der Waals surface area contributed by atoms with E-state index in [4.69, 9.17) is 4.42 Å². The third-order valence-corrected chi connectivity index (χ3v) is 4.92. The number of carbonyl (C=O) groups is 1. The van der Waals surface area contributed by atoms with Crippen molar-refractivity contribution in [2.75, 3.05) is 19.6 Å². The van der Waals surface area contributed by atoms with Crippen LogP contribution < -0.4 is 5.32 Å². The number of aliphatic hydroxyl groups is 1. The molecule has 7 nitrogen and oxygen atoms in total. The molecule has 0 saturated carbocycles. The maximum absolute atomic E-state index is 12.3. The molecule has 2 aromatic heterocycles. The van der Waals surface area contributed by atoms with Crippen molar-refractivity contribution in [1.29, 1.82) is 0 Å². The van der Waals surface area contributed by atoms with Gasteiger partial charge in [0, 0.05) is 31.2 Å². The summed E-state index contributed by atoms with van der Waals surface area (Å²) in [6.45, 7) is 8.29. The average molecular weight is 346 g/mol. The Hall–Kier alpha value is -2.12. The molecule has 7 heteroatoms. The lowest BCUT2D eigenvalue weighted by Crippen LogP contribution is -2.47. The van der Waals surface area contributed by atoms with Crippen molar-refractivity contribution in [2.24, 2.45) is 5.92 Å². The van der Waals surface area contributed by atoms with Gasteiger partial charge in [0.15, 0.2) is 0 Å². The third-order valence-electron chi connectivity index (χ3n) is 4.92. The monoisotopic (exact) mass is 346 g/mol. The fourth-order valence-corrected chi connectivity index (χ4v) is 3.36. The number of aliphatic hydroxyl groups excluding tert-OH is 1. The highest BCUT2D eigenvalue weighted by molar-refractivity contribution is 5.95. The van der Waals surface area contributed by atoms with Gasteiger partial charge in [-0.1, -0.05) is 0 Å². The first kappa shape index (κ1) is 17.7. The number of carbonyl (C=O) groups excluding carboxylic acids is 1. The highest BCUT2D eigenvalue weighted by atomic mass is 16.3. The number of nitrogens with one attached hydrogen (secondary N) is 2. The fourth-order valence-electron chi connectivity index (χ4n) is 3.36. The molecule has 1 fully saturated rings. The predicted molar refractivity (Wildman–Crippen MR) is 93.2 cm³/mol. The molecule has 1 saturated heterocycles. The van der Waals surface area contributed by atoms with Gasteiger partial charge in [-0.25, -0.2) is 4.98 Å². The van der Waals surface area contributed by atoms with E-state index in [1.807, 2.05) is 13.8 Å². The highest BCUT2D eigenvalue weighted by Crippen LogP contribution is 2.20. The largest absolute Gasteiger partial charge is 0.466 e. The van der Waals surface area contributed by atoms with Crippen molar-refractivity contribution in [1.82, 2.24) is 20.2 Å². The van der Waals surface area contributed by atoms with Gasteiger partial charge in [0.25, 0.3) is 5.91 Å². The van der Waals surface area contributed by atoms with Gasteiger partial charge in [-0.2, -0.15) is 0 Å². The number of aryl methyl sites for hydroxylation is 3. The van der Waals surface area contributed by atoms with Crippen LogP contribution in [0.4, 0.5) is 0 Å². The average Bonchev–Trinajstić information content (AvgIpc) is 3.11. The number of amides is 1. The van der Waals surface area contributed by atoms with Crippen LogP contribution in [0.5, 0.6) is 0 Å². The SMILES string of the molecule is Cc1cc(C(=O)NC[C@@H]2CCN(Cc3nc[nH]c3C)C[C@H]2O)c(C)o1. The predicted octanol–water partition coefficient (Wildman–Crippen LogP) is 1.54. The van der Waals surface area contributed by atoms with E-state index in [1.165, 1.54) is 0 Å². The van der Waals surface area contributed by atoms with E-state index in [0.717, 1.165) is 36.7 Å². The molecule has 0 aromatic carbocycles. The highest BCUT2D eigenvalue weighted by Gasteiger charge is 2.28. The summed E-state index contributed by atoms with van der Waals surface area (Å²) < 4.78 is 5.40. The number of imidazole rings is 1. The first-order chi connectivity index (χ1) is 11.9. The van der Waals surface area contributed by atoms with E-state index in [2.05, 4.69) is 20.2 Å². The van der Waals surface area contributed by atoms with Crippen molar-refractivity contribution in [3.8, 4) is 0 Å².